The van der Waals surface area contributed by atoms with Crippen LogP contribution in [0.25, 0.3) is 11.3 Å². The van der Waals surface area contributed by atoms with Crippen molar-refractivity contribution in [2.45, 2.75) is 44.9 Å². The Balaban J connectivity index is 1.09. The largest absolute Gasteiger partial charge is 0.494 e. The average molecular weight is 518 g/mol. The second-order valence-corrected chi connectivity index (χ2v) is 11.0. The van der Waals surface area contributed by atoms with E-state index in [1.54, 1.807) is 0 Å². The van der Waals surface area contributed by atoms with Gasteiger partial charge in [-0.25, -0.2) is 4.98 Å². The summed E-state index contributed by atoms with van der Waals surface area (Å²) in [5.41, 5.74) is 2.61. The molecule has 1 saturated heterocycles. The molecule has 5 rings (SSSR count). The molecule has 2 heterocycles. The highest BCUT2D eigenvalue weighted by atomic mass is 32.1. The van der Waals surface area contributed by atoms with Gasteiger partial charge in [-0.15, -0.1) is 11.3 Å². The molecule has 2 aromatic carbocycles. The predicted molar refractivity (Wildman–Crippen MR) is 147 cm³/mol. The number of amides is 2. The quantitative estimate of drug-likeness (QED) is 0.385. The van der Waals surface area contributed by atoms with E-state index in [1.165, 1.54) is 43.4 Å². The Hall–Kier alpha value is -3.19. The van der Waals surface area contributed by atoms with Crippen LogP contribution in [0, 0.1) is 5.92 Å². The Morgan fingerprint density at radius 1 is 0.919 bits per heavy atom. The highest BCUT2D eigenvalue weighted by molar-refractivity contribution is 7.10. The summed E-state index contributed by atoms with van der Waals surface area (Å²) in [6, 6.07) is 17.5. The summed E-state index contributed by atoms with van der Waals surface area (Å²) in [7, 11) is 0. The second-order valence-electron chi connectivity index (χ2n) is 10.0. The van der Waals surface area contributed by atoms with Crippen molar-refractivity contribution in [3.05, 3.63) is 70.5 Å². The fourth-order valence-corrected chi connectivity index (χ4v) is 6.05. The van der Waals surface area contributed by atoms with Gasteiger partial charge in [0.2, 0.25) is 5.91 Å². The normalized spacial score (nSPS) is 16.5. The lowest BCUT2D eigenvalue weighted by Crippen LogP contribution is -2.51. The van der Waals surface area contributed by atoms with Gasteiger partial charge in [0.1, 0.15) is 10.8 Å². The number of piperazine rings is 1. The van der Waals surface area contributed by atoms with Gasteiger partial charge in [-0.1, -0.05) is 68.5 Å². The van der Waals surface area contributed by atoms with E-state index in [4.69, 9.17) is 4.74 Å². The molecule has 0 bridgehead atoms. The van der Waals surface area contributed by atoms with Gasteiger partial charge in [0.25, 0.3) is 5.91 Å². The smallest absolute Gasteiger partial charge is 0.254 e. The molecule has 0 spiro atoms. The van der Waals surface area contributed by atoms with Crippen LogP contribution in [-0.2, 0) is 11.2 Å². The van der Waals surface area contributed by atoms with Gasteiger partial charge in [0.05, 0.1) is 18.7 Å². The van der Waals surface area contributed by atoms with E-state index in [0.29, 0.717) is 44.8 Å². The minimum atomic E-state index is -0.00254. The number of carbonyl (C=O) groups is 2. The van der Waals surface area contributed by atoms with E-state index in [0.717, 1.165) is 34.4 Å². The SMILES string of the molecule is O=C(Cc1nc(-c2ccccc2)cs1)N1CCN(C(=O)c2cccc(OCCC3CCCCC3)c2)CC1. The molecule has 1 aromatic heterocycles. The molecular formula is C30H35N3O3S. The standard InChI is InChI=1S/C30H35N3O3S/c34-29(21-28-31-27(22-37-28)24-10-5-2-6-11-24)32-15-17-33(18-16-32)30(35)25-12-7-13-26(20-25)36-19-14-23-8-3-1-4-9-23/h2,5-7,10-13,20,22-23H,1,3-4,8-9,14-19,21H2. The van der Waals surface area contributed by atoms with Gasteiger partial charge >= 0.3 is 0 Å². The van der Waals surface area contributed by atoms with E-state index in [9.17, 15) is 9.59 Å². The Labute approximate surface area is 223 Å². The molecule has 0 atom stereocenters. The third-order valence-corrected chi connectivity index (χ3v) is 8.29. The average Bonchev–Trinajstić information content (AvgIpc) is 3.42. The summed E-state index contributed by atoms with van der Waals surface area (Å²) in [6.07, 6.45) is 8.06. The summed E-state index contributed by atoms with van der Waals surface area (Å²) in [4.78, 5) is 34.4. The van der Waals surface area contributed by atoms with Crippen LogP contribution in [0.5, 0.6) is 5.75 Å². The van der Waals surface area contributed by atoms with Crippen molar-refractivity contribution in [3.63, 3.8) is 0 Å². The summed E-state index contributed by atoms with van der Waals surface area (Å²) >= 11 is 1.52. The zero-order valence-electron chi connectivity index (χ0n) is 21.3. The van der Waals surface area contributed by atoms with E-state index in [2.05, 4.69) is 4.98 Å². The number of carbonyl (C=O) groups excluding carboxylic acids is 2. The second kappa shape index (κ2) is 12.4. The van der Waals surface area contributed by atoms with Crippen LogP contribution in [0.4, 0.5) is 0 Å². The van der Waals surface area contributed by atoms with Crippen molar-refractivity contribution in [2.24, 2.45) is 5.92 Å². The number of benzene rings is 2. The monoisotopic (exact) mass is 517 g/mol. The molecule has 2 aliphatic rings. The maximum Gasteiger partial charge on any atom is 0.254 e. The van der Waals surface area contributed by atoms with Gasteiger partial charge in [-0.2, -0.15) is 0 Å². The zero-order chi connectivity index (χ0) is 25.5. The molecule has 3 aromatic rings. The summed E-state index contributed by atoms with van der Waals surface area (Å²) in [6.45, 7) is 2.85. The Bertz CT molecular complexity index is 1180. The van der Waals surface area contributed by atoms with Crippen LogP contribution < -0.4 is 4.74 Å². The molecule has 7 heteroatoms. The van der Waals surface area contributed by atoms with Crippen LogP contribution in [0.1, 0.15) is 53.9 Å². The highest BCUT2D eigenvalue weighted by Crippen LogP contribution is 2.27. The molecule has 37 heavy (non-hydrogen) atoms. The van der Waals surface area contributed by atoms with Crippen molar-refractivity contribution in [2.75, 3.05) is 32.8 Å². The predicted octanol–water partition coefficient (Wildman–Crippen LogP) is 5.69. The van der Waals surface area contributed by atoms with Gasteiger partial charge in [0.15, 0.2) is 0 Å². The maximum absolute atomic E-state index is 13.1. The van der Waals surface area contributed by atoms with E-state index >= 15 is 0 Å². The Kier molecular flexibility index (Phi) is 8.51. The third kappa shape index (κ3) is 6.77. The van der Waals surface area contributed by atoms with Gasteiger partial charge in [-0.05, 0) is 30.5 Å². The fraction of sp³-hybridized carbons (Fsp3) is 0.433. The van der Waals surface area contributed by atoms with Crippen LogP contribution in [0.15, 0.2) is 60.0 Å². The first-order valence-corrected chi connectivity index (χ1v) is 14.3. The van der Waals surface area contributed by atoms with Crippen LogP contribution in [0.3, 0.4) is 0 Å². The molecule has 2 amide bonds. The minimum Gasteiger partial charge on any atom is -0.494 e. The minimum absolute atomic E-state index is 0.00254. The van der Waals surface area contributed by atoms with Crippen LogP contribution in [-0.4, -0.2) is 59.4 Å². The number of thiazole rings is 1. The summed E-state index contributed by atoms with van der Waals surface area (Å²) < 4.78 is 5.99. The Morgan fingerprint density at radius 3 is 2.46 bits per heavy atom. The van der Waals surface area contributed by atoms with E-state index in [-0.39, 0.29) is 11.8 Å². The van der Waals surface area contributed by atoms with Crippen molar-refractivity contribution in [1.82, 2.24) is 14.8 Å². The lowest BCUT2D eigenvalue weighted by Gasteiger charge is -2.34. The molecule has 1 aliphatic carbocycles. The van der Waals surface area contributed by atoms with Gasteiger partial charge < -0.3 is 14.5 Å². The molecular weight excluding hydrogens is 482 g/mol. The first-order valence-electron chi connectivity index (χ1n) is 13.5. The molecule has 2 fully saturated rings. The number of nitrogens with zero attached hydrogens (tertiary/aromatic N) is 3. The maximum atomic E-state index is 13.1. The topological polar surface area (TPSA) is 62.7 Å². The number of hydrogen-bond acceptors (Lipinski definition) is 5. The third-order valence-electron chi connectivity index (χ3n) is 7.44. The zero-order valence-corrected chi connectivity index (χ0v) is 22.1. The molecule has 1 aliphatic heterocycles. The lowest BCUT2D eigenvalue weighted by atomic mass is 9.87. The van der Waals surface area contributed by atoms with Gasteiger partial charge in [0, 0.05) is 42.7 Å². The molecule has 0 N–H and O–H groups in total. The van der Waals surface area contributed by atoms with Crippen molar-refractivity contribution < 1.29 is 14.3 Å². The van der Waals surface area contributed by atoms with Crippen molar-refractivity contribution in [3.8, 4) is 17.0 Å². The number of aromatic nitrogens is 1. The Morgan fingerprint density at radius 2 is 1.68 bits per heavy atom. The van der Waals surface area contributed by atoms with E-state index in [1.807, 2.05) is 69.8 Å². The van der Waals surface area contributed by atoms with Crippen molar-refractivity contribution >= 4 is 23.2 Å². The highest BCUT2D eigenvalue weighted by Gasteiger charge is 2.25. The molecule has 1 saturated carbocycles. The van der Waals surface area contributed by atoms with Crippen LogP contribution >= 0.6 is 11.3 Å². The first kappa shape index (κ1) is 25.5. The summed E-state index contributed by atoms with van der Waals surface area (Å²) in [5, 5.41) is 2.82. The summed E-state index contributed by atoms with van der Waals surface area (Å²) in [5.74, 6) is 1.60. The lowest BCUT2D eigenvalue weighted by molar-refractivity contribution is -0.131. The number of hydrogen-bond donors (Lipinski definition) is 0. The fourth-order valence-electron chi connectivity index (χ4n) is 5.25. The van der Waals surface area contributed by atoms with Crippen molar-refractivity contribution in [1.29, 1.82) is 0 Å². The van der Waals surface area contributed by atoms with Crippen LogP contribution in [0.2, 0.25) is 0 Å². The first-order chi connectivity index (χ1) is 18.2. The molecule has 194 valence electrons. The molecule has 0 unspecified atom stereocenters. The molecule has 0 radical (unpaired) electrons. The number of ether oxygens (including phenoxy) is 1. The molecule has 6 nitrogen and oxygen atoms in total. The van der Waals surface area contributed by atoms with Gasteiger partial charge in [-0.3, -0.25) is 9.59 Å². The number of rotatable bonds is 8. The van der Waals surface area contributed by atoms with E-state index < -0.39 is 0 Å².